The number of rotatable bonds is 3. The number of H-pyrrole nitrogens is 1. The van der Waals surface area contributed by atoms with Crippen molar-refractivity contribution in [3.63, 3.8) is 0 Å². The molecule has 27 heavy (non-hydrogen) atoms. The van der Waals surface area contributed by atoms with Crippen molar-refractivity contribution in [1.29, 1.82) is 5.26 Å². The molecule has 1 heterocycles. The molecule has 3 rings (SSSR count). The summed E-state index contributed by atoms with van der Waals surface area (Å²) in [4.78, 5) is 0. The van der Waals surface area contributed by atoms with Crippen LogP contribution < -0.4 is 0 Å². The highest BCUT2D eigenvalue weighted by Gasteiger charge is 2.33. The standard InChI is InChI=1S/C18H9ClF4N4/c19-13-6-11(5-12(8-13)17-16(9-24)25-27-26-17)2-1-10-3-4-15(20)14(7-10)18(21,22)23/h1-8H,(H,25,26,27)/b2-1+. The minimum atomic E-state index is -4.78. The summed E-state index contributed by atoms with van der Waals surface area (Å²) in [6.07, 6.45) is -1.86. The van der Waals surface area contributed by atoms with Crippen LogP contribution in [0.5, 0.6) is 0 Å². The zero-order valence-corrected chi connectivity index (χ0v) is 14.1. The number of aromatic nitrogens is 3. The third kappa shape index (κ3) is 4.15. The molecule has 0 unspecified atom stereocenters. The highest BCUT2D eigenvalue weighted by atomic mass is 35.5. The largest absolute Gasteiger partial charge is 0.419 e. The molecule has 0 atom stereocenters. The van der Waals surface area contributed by atoms with Gasteiger partial charge in [-0.1, -0.05) is 35.0 Å². The third-order valence-corrected chi connectivity index (χ3v) is 3.84. The van der Waals surface area contributed by atoms with Gasteiger partial charge in [-0.2, -0.15) is 18.4 Å². The predicted octanol–water partition coefficient (Wildman–Crippen LogP) is 5.33. The lowest BCUT2D eigenvalue weighted by atomic mass is 10.0. The van der Waals surface area contributed by atoms with Gasteiger partial charge in [0.1, 0.15) is 17.6 Å². The Morgan fingerprint density at radius 1 is 1.07 bits per heavy atom. The Kier molecular flexibility index (Phi) is 4.97. The van der Waals surface area contributed by atoms with E-state index >= 15 is 0 Å². The number of nitrogens with one attached hydrogen (secondary N) is 1. The molecule has 0 fully saturated rings. The summed E-state index contributed by atoms with van der Waals surface area (Å²) in [6, 6.07) is 9.45. The molecule has 3 aromatic rings. The molecule has 1 N–H and O–H groups in total. The van der Waals surface area contributed by atoms with E-state index in [9.17, 15) is 17.6 Å². The first-order valence-electron chi connectivity index (χ1n) is 7.45. The van der Waals surface area contributed by atoms with E-state index in [1.54, 1.807) is 18.2 Å². The Hall–Kier alpha value is -3.18. The molecule has 0 aliphatic carbocycles. The maximum atomic E-state index is 13.4. The predicted molar refractivity (Wildman–Crippen MR) is 91.9 cm³/mol. The number of hydrogen-bond donors (Lipinski definition) is 1. The van der Waals surface area contributed by atoms with Crippen LogP contribution in [0.15, 0.2) is 36.4 Å². The average Bonchev–Trinajstić information content (AvgIpc) is 3.08. The van der Waals surface area contributed by atoms with Gasteiger partial charge in [0.15, 0.2) is 5.69 Å². The van der Waals surface area contributed by atoms with Crippen LogP contribution in [-0.2, 0) is 6.18 Å². The summed E-state index contributed by atoms with van der Waals surface area (Å²) in [5.74, 6) is -1.33. The molecule has 9 heteroatoms. The number of benzene rings is 2. The van der Waals surface area contributed by atoms with Crippen molar-refractivity contribution in [2.45, 2.75) is 6.18 Å². The van der Waals surface area contributed by atoms with Crippen molar-refractivity contribution in [2.75, 3.05) is 0 Å². The van der Waals surface area contributed by atoms with Crippen LogP contribution in [0.25, 0.3) is 23.4 Å². The van der Waals surface area contributed by atoms with Gasteiger partial charge >= 0.3 is 6.18 Å². The smallest absolute Gasteiger partial charge is 0.247 e. The van der Waals surface area contributed by atoms with Gasteiger partial charge in [-0.25, -0.2) is 9.49 Å². The number of nitriles is 1. The Balaban J connectivity index is 1.96. The maximum Gasteiger partial charge on any atom is 0.419 e. The second kappa shape index (κ2) is 7.21. The second-order valence-corrected chi connectivity index (χ2v) is 5.93. The molecule has 0 amide bonds. The molecule has 4 nitrogen and oxygen atoms in total. The summed E-state index contributed by atoms with van der Waals surface area (Å²) < 4.78 is 51.8. The monoisotopic (exact) mass is 392 g/mol. The van der Waals surface area contributed by atoms with Gasteiger partial charge in [-0.05, 0) is 41.5 Å². The molecule has 0 spiro atoms. The van der Waals surface area contributed by atoms with Crippen LogP contribution in [0.4, 0.5) is 17.6 Å². The van der Waals surface area contributed by atoms with Gasteiger partial charge < -0.3 is 0 Å². The van der Waals surface area contributed by atoms with Gasteiger partial charge in [0.25, 0.3) is 0 Å². The lowest BCUT2D eigenvalue weighted by Gasteiger charge is -2.08. The minimum Gasteiger partial charge on any atom is -0.247 e. The number of alkyl halides is 3. The van der Waals surface area contributed by atoms with E-state index in [4.69, 9.17) is 16.9 Å². The fourth-order valence-corrected chi connectivity index (χ4v) is 2.65. The number of halogens is 5. The average molecular weight is 393 g/mol. The van der Waals surface area contributed by atoms with Crippen LogP contribution in [0.2, 0.25) is 5.02 Å². The van der Waals surface area contributed by atoms with E-state index in [1.807, 2.05) is 6.07 Å². The summed E-state index contributed by atoms with van der Waals surface area (Å²) >= 11 is 6.08. The minimum absolute atomic E-state index is 0.153. The van der Waals surface area contributed by atoms with Gasteiger partial charge in [-0.3, -0.25) is 0 Å². The van der Waals surface area contributed by atoms with Crippen molar-refractivity contribution in [1.82, 2.24) is 15.4 Å². The molecule has 0 aliphatic heterocycles. The first-order chi connectivity index (χ1) is 12.8. The lowest BCUT2D eigenvalue weighted by molar-refractivity contribution is -0.140. The van der Waals surface area contributed by atoms with Crippen molar-refractivity contribution in [2.24, 2.45) is 0 Å². The molecular weight excluding hydrogens is 384 g/mol. The number of aromatic amines is 1. The first kappa shape index (κ1) is 18.6. The Labute approximate surface area is 155 Å². The number of hydrogen-bond acceptors (Lipinski definition) is 3. The third-order valence-electron chi connectivity index (χ3n) is 3.62. The van der Waals surface area contributed by atoms with E-state index < -0.39 is 17.6 Å². The first-order valence-corrected chi connectivity index (χ1v) is 7.82. The Bertz CT molecular complexity index is 1060. The van der Waals surface area contributed by atoms with E-state index in [2.05, 4.69) is 15.4 Å². The summed E-state index contributed by atoms with van der Waals surface area (Å²) in [5, 5.41) is 19.2. The van der Waals surface area contributed by atoms with Crippen LogP contribution in [0.1, 0.15) is 22.4 Å². The van der Waals surface area contributed by atoms with E-state index in [0.717, 1.165) is 12.1 Å². The fourth-order valence-electron chi connectivity index (χ4n) is 2.41. The normalized spacial score (nSPS) is 11.7. The van der Waals surface area contributed by atoms with Gasteiger partial charge in [-0.15, -0.1) is 5.10 Å². The summed E-state index contributed by atoms with van der Waals surface area (Å²) in [5.41, 5.74) is 0.364. The molecule has 2 aromatic carbocycles. The zero-order chi connectivity index (χ0) is 19.6. The highest BCUT2D eigenvalue weighted by molar-refractivity contribution is 6.31. The molecule has 0 aliphatic rings. The molecule has 0 saturated heterocycles. The van der Waals surface area contributed by atoms with Crippen molar-refractivity contribution >= 4 is 23.8 Å². The van der Waals surface area contributed by atoms with E-state index in [-0.39, 0.29) is 11.3 Å². The van der Waals surface area contributed by atoms with Crippen LogP contribution in [0, 0.1) is 17.1 Å². The van der Waals surface area contributed by atoms with Crippen molar-refractivity contribution < 1.29 is 17.6 Å². The van der Waals surface area contributed by atoms with Crippen LogP contribution >= 0.6 is 11.6 Å². The van der Waals surface area contributed by atoms with E-state index in [1.165, 1.54) is 18.2 Å². The summed E-state index contributed by atoms with van der Waals surface area (Å²) in [7, 11) is 0. The maximum absolute atomic E-state index is 13.4. The molecule has 1 aromatic heterocycles. The fraction of sp³-hybridized carbons (Fsp3) is 0.0556. The molecule has 136 valence electrons. The highest BCUT2D eigenvalue weighted by Crippen LogP contribution is 2.32. The molecular formula is C18H9ClF4N4. The zero-order valence-electron chi connectivity index (χ0n) is 13.4. The Morgan fingerprint density at radius 3 is 2.52 bits per heavy atom. The lowest BCUT2D eigenvalue weighted by Crippen LogP contribution is -2.08. The van der Waals surface area contributed by atoms with Crippen LogP contribution in [-0.4, -0.2) is 15.4 Å². The van der Waals surface area contributed by atoms with Crippen molar-refractivity contribution in [3.05, 3.63) is 69.6 Å². The van der Waals surface area contributed by atoms with Crippen LogP contribution in [0.3, 0.4) is 0 Å². The van der Waals surface area contributed by atoms with Gasteiger partial charge in [0.05, 0.1) is 5.56 Å². The topological polar surface area (TPSA) is 65.4 Å². The second-order valence-electron chi connectivity index (χ2n) is 5.49. The van der Waals surface area contributed by atoms with Gasteiger partial charge in [0.2, 0.25) is 0 Å². The van der Waals surface area contributed by atoms with E-state index in [0.29, 0.717) is 21.8 Å². The number of nitrogens with zero attached hydrogens (tertiary/aromatic N) is 3. The molecule has 0 bridgehead atoms. The summed E-state index contributed by atoms with van der Waals surface area (Å²) in [6.45, 7) is 0. The quantitative estimate of drug-likeness (QED) is 0.484. The van der Waals surface area contributed by atoms with Gasteiger partial charge in [0, 0.05) is 10.6 Å². The van der Waals surface area contributed by atoms with Crippen molar-refractivity contribution in [3.8, 4) is 17.3 Å². The molecule has 0 saturated carbocycles. The molecule has 0 radical (unpaired) electrons. The SMILES string of the molecule is N#Cc1[nH]nnc1-c1cc(Cl)cc(/C=C/c2ccc(F)c(C(F)(F)F)c2)c1. The Morgan fingerprint density at radius 2 is 1.81 bits per heavy atom.